The number of carbonyl (C=O) groups excluding carboxylic acids is 1. The number of sulfonamides is 1. The number of halogens is 1. The van der Waals surface area contributed by atoms with Crippen LogP contribution in [-0.2, 0) is 10.0 Å². The van der Waals surface area contributed by atoms with Gasteiger partial charge in [0.15, 0.2) is 0 Å². The van der Waals surface area contributed by atoms with Crippen molar-refractivity contribution < 1.29 is 13.2 Å². The zero-order chi connectivity index (χ0) is 16.4. The molecule has 2 N–H and O–H groups in total. The van der Waals surface area contributed by atoms with Gasteiger partial charge in [-0.05, 0) is 44.9 Å². The number of carbonyl (C=O) groups is 1. The predicted molar refractivity (Wildman–Crippen MR) is 84.0 cm³/mol. The summed E-state index contributed by atoms with van der Waals surface area (Å²) >= 11 is 5.97. The zero-order valence-electron chi connectivity index (χ0n) is 12.7. The van der Waals surface area contributed by atoms with Gasteiger partial charge in [-0.1, -0.05) is 18.5 Å². The van der Waals surface area contributed by atoms with Crippen LogP contribution in [0.15, 0.2) is 17.0 Å². The summed E-state index contributed by atoms with van der Waals surface area (Å²) in [4.78, 5) is 14.0. The molecule has 0 aromatic heterocycles. The van der Waals surface area contributed by atoms with Gasteiger partial charge in [-0.3, -0.25) is 4.79 Å². The summed E-state index contributed by atoms with van der Waals surface area (Å²) in [5.74, 6) is -0.225. The Morgan fingerprint density at radius 3 is 2.38 bits per heavy atom. The van der Waals surface area contributed by atoms with E-state index in [4.69, 9.17) is 16.7 Å². The van der Waals surface area contributed by atoms with Gasteiger partial charge < -0.3 is 4.90 Å². The van der Waals surface area contributed by atoms with Gasteiger partial charge >= 0.3 is 0 Å². The van der Waals surface area contributed by atoms with Crippen LogP contribution in [0.1, 0.15) is 43.1 Å². The van der Waals surface area contributed by atoms with Crippen LogP contribution >= 0.6 is 11.6 Å². The van der Waals surface area contributed by atoms with Crippen molar-refractivity contribution in [3.05, 3.63) is 28.3 Å². The van der Waals surface area contributed by atoms with Crippen LogP contribution in [0.4, 0.5) is 0 Å². The lowest BCUT2D eigenvalue weighted by Crippen LogP contribution is -2.38. The summed E-state index contributed by atoms with van der Waals surface area (Å²) in [7, 11) is -3.97. The first kappa shape index (κ1) is 17.9. The Morgan fingerprint density at radius 1 is 1.38 bits per heavy atom. The van der Waals surface area contributed by atoms with Gasteiger partial charge in [0.1, 0.15) is 4.90 Å². The molecule has 21 heavy (non-hydrogen) atoms. The van der Waals surface area contributed by atoms with Gasteiger partial charge in [0, 0.05) is 18.2 Å². The van der Waals surface area contributed by atoms with Crippen LogP contribution in [0.3, 0.4) is 0 Å². The van der Waals surface area contributed by atoms with Crippen LogP contribution in [0.2, 0.25) is 5.02 Å². The van der Waals surface area contributed by atoms with E-state index in [2.05, 4.69) is 0 Å². The number of amides is 1. The van der Waals surface area contributed by atoms with E-state index in [0.717, 1.165) is 6.42 Å². The van der Waals surface area contributed by atoms with Crippen LogP contribution in [0.5, 0.6) is 0 Å². The van der Waals surface area contributed by atoms with Crippen LogP contribution < -0.4 is 5.14 Å². The molecule has 0 bridgehead atoms. The number of primary sulfonamides is 1. The van der Waals surface area contributed by atoms with Crippen molar-refractivity contribution >= 4 is 27.5 Å². The summed E-state index contributed by atoms with van der Waals surface area (Å²) in [6.45, 7) is 8.01. The Bertz CT molecular complexity index is 644. The fourth-order valence-corrected chi connectivity index (χ4v) is 3.24. The van der Waals surface area contributed by atoms with Crippen molar-refractivity contribution in [2.45, 2.75) is 45.1 Å². The number of nitrogens with two attached hydrogens (primary N) is 1. The average molecular weight is 333 g/mol. The summed E-state index contributed by atoms with van der Waals surface area (Å²) in [6.07, 6.45) is 0.814. The third-order valence-electron chi connectivity index (χ3n) is 3.50. The van der Waals surface area contributed by atoms with Crippen molar-refractivity contribution in [2.24, 2.45) is 5.14 Å². The quantitative estimate of drug-likeness (QED) is 0.899. The third-order valence-corrected chi connectivity index (χ3v) is 5.05. The van der Waals surface area contributed by atoms with E-state index < -0.39 is 10.0 Å². The Hall–Kier alpha value is -1.11. The molecule has 5 nitrogen and oxygen atoms in total. The normalized spacial score (nSPS) is 13.0. The lowest BCUT2D eigenvalue weighted by molar-refractivity contribution is 0.0699. The van der Waals surface area contributed by atoms with E-state index >= 15 is 0 Å². The second-order valence-electron chi connectivity index (χ2n) is 5.00. The van der Waals surface area contributed by atoms with Gasteiger partial charge in [-0.2, -0.15) is 0 Å². The first-order valence-corrected chi connectivity index (χ1v) is 8.69. The molecule has 0 aliphatic carbocycles. The highest BCUT2D eigenvalue weighted by molar-refractivity contribution is 7.89. The molecule has 1 aromatic carbocycles. The summed E-state index contributed by atoms with van der Waals surface area (Å²) in [5, 5.41) is 5.21. The highest BCUT2D eigenvalue weighted by Crippen LogP contribution is 2.27. The predicted octanol–water partition coefficient (Wildman–Crippen LogP) is 2.56. The molecule has 1 atom stereocenters. The topological polar surface area (TPSA) is 80.5 Å². The molecule has 1 rings (SSSR count). The molecule has 0 spiro atoms. The molecule has 1 unspecified atom stereocenters. The SMILES string of the molecule is CCC(C)N(CC)C(=O)c1cc(C)c(Cl)c(S(N)(=O)=O)c1. The smallest absolute Gasteiger partial charge is 0.254 e. The average Bonchev–Trinajstić information content (AvgIpc) is 2.40. The molecule has 0 saturated carbocycles. The minimum Gasteiger partial charge on any atom is -0.336 e. The molecule has 1 amide bonds. The Morgan fingerprint density at radius 2 is 1.95 bits per heavy atom. The standard InChI is InChI=1S/C14H21ClN2O3S/c1-5-10(4)17(6-2)14(18)11-7-9(3)13(15)12(8-11)21(16,19)20/h7-8,10H,5-6H2,1-4H3,(H2,16,19,20). The number of rotatable bonds is 5. The maximum Gasteiger partial charge on any atom is 0.254 e. The summed E-state index contributed by atoms with van der Waals surface area (Å²) < 4.78 is 23.2. The van der Waals surface area contributed by atoms with E-state index in [1.807, 2.05) is 20.8 Å². The molecule has 0 heterocycles. The monoisotopic (exact) mass is 332 g/mol. The highest BCUT2D eigenvalue weighted by atomic mass is 35.5. The van der Waals surface area contributed by atoms with Gasteiger partial charge in [-0.25, -0.2) is 13.6 Å². The van der Waals surface area contributed by atoms with Crippen molar-refractivity contribution in [1.29, 1.82) is 0 Å². The van der Waals surface area contributed by atoms with E-state index in [1.165, 1.54) is 6.07 Å². The molecule has 0 fully saturated rings. The van der Waals surface area contributed by atoms with Crippen molar-refractivity contribution in [1.82, 2.24) is 4.90 Å². The molecule has 0 radical (unpaired) electrons. The van der Waals surface area contributed by atoms with Gasteiger partial charge in [0.2, 0.25) is 10.0 Å². The van der Waals surface area contributed by atoms with E-state index in [9.17, 15) is 13.2 Å². The lowest BCUT2D eigenvalue weighted by Gasteiger charge is -2.27. The van der Waals surface area contributed by atoms with Crippen molar-refractivity contribution in [3.8, 4) is 0 Å². The maximum atomic E-state index is 12.6. The van der Waals surface area contributed by atoms with Crippen LogP contribution in [-0.4, -0.2) is 31.8 Å². The first-order chi connectivity index (χ1) is 9.63. The van der Waals surface area contributed by atoms with E-state index in [1.54, 1.807) is 17.9 Å². The Kier molecular flexibility index (Phi) is 5.78. The number of hydrogen-bond acceptors (Lipinski definition) is 3. The van der Waals surface area contributed by atoms with Gasteiger partial charge in [-0.15, -0.1) is 0 Å². The molecule has 0 saturated heterocycles. The van der Waals surface area contributed by atoms with Crippen molar-refractivity contribution in [2.75, 3.05) is 6.54 Å². The fourth-order valence-electron chi connectivity index (χ4n) is 2.11. The number of nitrogens with zero attached hydrogens (tertiary/aromatic N) is 1. The molecule has 7 heteroatoms. The molecule has 118 valence electrons. The van der Waals surface area contributed by atoms with Crippen molar-refractivity contribution in [3.63, 3.8) is 0 Å². The molecule has 0 aliphatic rings. The van der Waals surface area contributed by atoms with E-state index in [-0.39, 0.29) is 27.4 Å². The highest BCUT2D eigenvalue weighted by Gasteiger charge is 2.23. The van der Waals surface area contributed by atoms with Crippen LogP contribution in [0, 0.1) is 6.92 Å². The molecule has 0 aliphatic heterocycles. The molecular weight excluding hydrogens is 312 g/mol. The number of hydrogen-bond donors (Lipinski definition) is 1. The first-order valence-electron chi connectivity index (χ1n) is 6.77. The Labute approximate surface area is 131 Å². The Balaban J connectivity index is 3.38. The number of benzene rings is 1. The summed E-state index contributed by atoms with van der Waals surface area (Å²) in [6, 6.07) is 2.90. The second kappa shape index (κ2) is 6.77. The second-order valence-corrected chi connectivity index (χ2v) is 6.91. The van der Waals surface area contributed by atoms with Crippen LogP contribution in [0.25, 0.3) is 0 Å². The largest absolute Gasteiger partial charge is 0.336 e. The minimum atomic E-state index is -3.97. The van der Waals surface area contributed by atoms with E-state index in [0.29, 0.717) is 12.1 Å². The minimum absolute atomic E-state index is 0.0561. The lowest BCUT2D eigenvalue weighted by atomic mass is 10.1. The number of aryl methyl sites for hydroxylation is 1. The zero-order valence-corrected chi connectivity index (χ0v) is 14.3. The molecule has 1 aromatic rings. The van der Waals surface area contributed by atoms with Gasteiger partial charge in [0.05, 0.1) is 5.02 Å². The molecular formula is C14H21ClN2O3S. The van der Waals surface area contributed by atoms with Gasteiger partial charge in [0.25, 0.3) is 5.91 Å². The summed E-state index contributed by atoms with van der Waals surface area (Å²) in [5.41, 5.74) is 0.787. The fraction of sp³-hybridized carbons (Fsp3) is 0.500. The third kappa shape index (κ3) is 3.96. The maximum absolute atomic E-state index is 12.6.